The van der Waals surface area contributed by atoms with Crippen LogP contribution in [0.4, 0.5) is 0 Å². The predicted molar refractivity (Wildman–Crippen MR) is 53.9 cm³/mol. The third kappa shape index (κ3) is 6.40. The number of aliphatic hydroxyl groups is 3. The molecule has 0 fully saturated rings. The summed E-state index contributed by atoms with van der Waals surface area (Å²) in [5, 5.41) is 26.9. The summed E-state index contributed by atoms with van der Waals surface area (Å²) >= 11 is 0. The molecule has 6 heteroatoms. The zero-order chi connectivity index (χ0) is 11.4. The first-order valence-corrected chi connectivity index (χ1v) is 5.25. The van der Waals surface area contributed by atoms with Crippen LogP contribution in [0.25, 0.3) is 0 Å². The van der Waals surface area contributed by atoms with E-state index in [9.17, 15) is 9.90 Å². The average molecular weight is 223 g/mol. The lowest BCUT2D eigenvalue weighted by Crippen LogP contribution is -2.40. The van der Waals surface area contributed by atoms with Gasteiger partial charge in [-0.25, -0.2) is 0 Å². The molecule has 0 heterocycles. The molecule has 14 heavy (non-hydrogen) atoms. The predicted octanol–water partition coefficient (Wildman–Crippen LogP) is -1.16. The van der Waals surface area contributed by atoms with Crippen LogP contribution in [0.1, 0.15) is 0 Å². The molecular formula is C8H18NO4P. The molecule has 0 aromatic heterocycles. The molecule has 0 aliphatic heterocycles. The number of carbonyl (C=O) groups is 1. The molecule has 0 aromatic carbocycles. The van der Waals surface area contributed by atoms with Gasteiger partial charge in [0, 0.05) is 5.52 Å². The lowest BCUT2D eigenvalue weighted by Gasteiger charge is -2.33. The molecule has 0 bridgehead atoms. The smallest absolute Gasteiger partial charge is 0.105 e. The Kier molecular flexibility index (Phi) is 5.71. The van der Waals surface area contributed by atoms with Gasteiger partial charge in [0.15, 0.2) is 0 Å². The molecule has 0 aliphatic carbocycles. The maximum Gasteiger partial charge on any atom is 0.105 e. The molecule has 5 nitrogen and oxygen atoms in total. The van der Waals surface area contributed by atoms with Gasteiger partial charge in [-0.15, -0.1) is 0 Å². The van der Waals surface area contributed by atoms with Crippen LogP contribution in [0.3, 0.4) is 0 Å². The van der Waals surface area contributed by atoms with Gasteiger partial charge in [-0.1, -0.05) is 0 Å². The quantitative estimate of drug-likeness (QED) is 0.392. The second-order valence-corrected chi connectivity index (χ2v) is 5.41. The summed E-state index contributed by atoms with van der Waals surface area (Å²) in [6.45, 7) is -0.172. The number of carbonyl (C=O) groups excluding carboxylic acids is 1. The van der Waals surface area contributed by atoms with Crippen LogP contribution in [0.5, 0.6) is 0 Å². The summed E-state index contributed by atoms with van der Waals surface area (Å²) in [7, 11) is 5.82. The van der Waals surface area contributed by atoms with Crippen molar-refractivity contribution in [3.63, 3.8) is 0 Å². The maximum atomic E-state index is 11.1. The molecule has 0 rings (SSSR count). The van der Waals surface area contributed by atoms with Crippen molar-refractivity contribution >= 4 is 14.1 Å². The van der Waals surface area contributed by atoms with Crippen molar-refractivity contribution in [3.05, 3.63) is 0 Å². The van der Waals surface area contributed by atoms with Crippen molar-refractivity contribution in [1.29, 1.82) is 0 Å². The highest BCUT2D eigenvalue weighted by Gasteiger charge is 2.11. The van der Waals surface area contributed by atoms with Crippen LogP contribution in [-0.4, -0.2) is 71.6 Å². The SMILES string of the molecule is C[N+](C)(C)CC(O)[P-]C(=O)C(O)CO. The van der Waals surface area contributed by atoms with E-state index in [1.165, 1.54) is 0 Å². The maximum absolute atomic E-state index is 11.1. The minimum absolute atomic E-state index is 0.141. The van der Waals surface area contributed by atoms with Crippen LogP contribution in [0.2, 0.25) is 0 Å². The van der Waals surface area contributed by atoms with Gasteiger partial charge < -0.3 is 33.2 Å². The van der Waals surface area contributed by atoms with Crippen LogP contribution in [0, 0.1) is 0 Å². The molecule has 3 N–H and O–H groups in total. The van der Waals surface area contributed by atoms with E-state index in [0.29, 0.717) is 11.0 Å². The second-order valence-electron chi connectivity index (χ2n) is 4.12. The number of hydrogen-bond acceptors (Lipinski definition) is 4. The molecule has 2 unspecified atom stereocenters. The van der Waals surface area contributed by atoms with Crippen molar-refractivity contribution in [1.82, 2.24) is 0 Å². The van der Waals surface area contributed by atoms with Crippen molar-refractivity contribution in [2.75, 3.05) is 34.3 Å². The normalized spacial score (nSPS) is 17.3. The highest BCUT2D eigenvalue weighted by molar-refractivity contribution is 7.58. The van der Waals surface area contributed by atoms with Crippen molar-refractivity contribution < 1.29 is 24.6 Å². The molecule has 0 radical (unpaired) electrons. The van der Waals surface area contributed by atoms with E-state index in [-0.39, 0.29) is 8.58 Å². The fraction of sp³-hybridized carbons (Fsp3) is 0.875. The minimum atomic E-state index is -1.38. The summed E-state index contributed by atoms with van der Waals surface area (Å²) in [6.07, 6.45) is -1.38. The van der Waals surface area contributed by atoms with Gasteiger partial charge in [0.1, 0.15) is 6.10 Å². The van der Waals surface area contributed by atoms with E-state index in [1.54, 1.807) is 0 Å². The zero-order valence-corrected chi connectivity index (χ0v) is 9.61. The van der Waals surface area contributed by atoms with Gasteiger partial charge in [-0.05, 0) is 5.85 Å². The Morgan fingerprint density at radius 3 is 2.21 bits per heavy atom. The highest BCUT2D eigenvalue weighted by atomic mass is 31.1. The fourth-order valence-corrected chi connectivity index (χ4v) is 1.96. The van der Waals surface area contributed by atoms with E-state index in [4.69, 9.17) is 10.2 Å². The number of quaternary nitrogens is 1. The lowest BCUT2D eigenvalue weighted by atomic mass is 10.4. The number of hydrogen-bond donors (Lipinski definition) is 3. The summed E-state index contributed by atoms with van der Waals surface area (Å²) in [6, 6.07) is 0. The molecule has 0 spiro atoms. The van der Waals surface area contributed by atoms with E-state index in [1.807, 2.05) is 21.1 Å². The number of nitrogens with zero attached hydrogens (tertiary/aromatic N) is 1. The Bertz CT molecular complexity index is 192. The standard InChI is InChI=1S/C8H18NO4P/c1-9(2,3)4-7(12)14-8(13)6(11)5-10/h6-7,10-12H,4-5H2,1-3H3. The Balaban J connectivity index is 3.95. The molecule has 0 aromatic rings. The molecule has 0 saturated carbocycles. The third-order valence-corrected chi connectivity index (χ3v) is 2.46. The summed E-state index contributed by atoms with van der Waals surface area (Å²) in [5.41, 5.74) is -0.548. The molecule has 84 valence electrons. The van der Waals surface area contributed by atoms with E-state index in [2.05, 4.69) is 0 Å². The lowest BCUT2D eigenvalue weighted by molar-refractivity contribution is -0.871. The highest BCUT2D eigenvalue weighted by Crippen LogP contribution is 2.21. The second kappa shape index (κ2) is 5.73. The Labute approximate surface area is 85.7 Å². The Hall–Kier alpha value is -0.0600. The van der Waals surface area contributed by atoms with Crippen molar-refractivity contribution in [2.24, 2.45) is 0 Å². The van der Waals surface area contributed by atoms with E-state index >= 15 is 0 Å². The number of likely N-dealkylation sites (N-methyl/N-ethyl adjacent to an activating group) is 1. The molecular weight excluding hydrogens is 205 g/mol. The van der Waals surface area contributed by atoms with Crippen LogP contribution in [-0.2, 0) is 4.79 Å². The zero-order valence-electron chi connectivity index (χ0n) is 8.71. The fourth-order valence-electron chi connectivity index (χ4n) is 0.842. The first-order chi connectivity index (χ1) is 6.26. The molecule has 0 saturated heterocycles. The Morgan fingerprint density at radius 2 is 1.86 bits per heavy atom. The number of rotatable bonds is 6. The number of aliphatic hydroxyl groups excluding tert-OH is 3. The monoisotopic (exact) mass is 223 g/mol. The van der Waals surface area contributed by atoms with Crippen LogP contribution in [0.15, 0.2) is 0 Å². The molecule has 2 atom stereocenters. The van der Waals surface area contributed by atoms with Gasteiger partial charge in [-0.2, -0.15) is 0 Å². The third-order valence-electron chi connectivity index (χ3n) is 1.45. The first-order valence-electron chi connectivity index (χ1n) is 4.28. The van der Waals surface area contributed by atoms with Crippen molar-refractivity contribution in [2.45, 2.75) is 11.9 Å². The van der Waals surface area contributed by atoms with Gasteiger partial charge in [0.25, 0.3) is 0 Å². The first kappa shape index (κ1) is 13.9. The van der Waals surface area contributed by atoms with E-state index in [0.717, 1.165) is 0 Å². The topological polar surface area (TPSA) is 77.8 Å². The van der Waals surface area contributed by atoms with Gasteiger partial charge in [0.2, 0.25) is 0 Å². The molecule has 0 aliphatic rings. The minimum Gasteiger partial charge on any atom is -0.424 e. The van der Waals surface area contributed by atoms with Gasteiger partial charge >= 0.3 is 0 Å². The average Bonchev–Trinajstić information content (AvgIpc) is 1.99. The van der Waals surface area contributed by atoms with E-state index < -0.39 is 24.1 Å². The summed E-state index contributed by atoms with van der Waals surface area (Å²) in [4.78, 5) is 11.1. The van der Waals surface area contributed by atoms with Crippen molar-refractivity contribution in [3.8, 4) is 0 Å². The Morgan fingerprint density at radius 1 is 1.36 bits per heavy atom. The largest absolute Gasteiger partial charge is 0.424 e. The molecule has 0 amide bonds. The summed E-state index contributed by atoms with van der Waals surface area (Å²) in [5.74, 6) is -0.802. The summed E-state index contributed by atoms with van der Waals surface area (Å²) < 4.78 is 0.538. The van der Waals surface area contributed by atoms with Crippen LogP contribution >= 0.6 is 8.58 Å². The van der Waals surface area contributed by atoms with Crippen LogP contribution < -0.4 is 0 Å². The van der Waals surface area contributed by atoms with Gasteiger partial charge in [-0.3, -0.25) is 0 Å². The van der Waals surface area contributed by atoms with Gasteiger partial charge in [0.05, 0.1) is 34.3 Å².